The van der Waals surface area contributed by atoms with Crippen molar-refractivity contribution in [3.63, 3.8) is 0 Å². The maximum Gasteiger partial charge on any atom is 0.304 e. The van der Waals surface area contributed by atoms with Gasteiger partial charge in [-0.15, -0.1) is 0 Å². The second kappa shape index (κ2) is 6.58. The van der Waals surface area contributed by atoms with E-state index in [1.165, 1.54) is 20.3 Å². The first-order chi connectivity index (χ1) is 9.31. The predicted molar refractivity (Wildman–Crippen MR) is 71.7 cm³/mol. The average Bonchev–Trinajstić information content (AvgIpc) is 2.37. The lowest BCUT2D eigenvalue weighted by Crippen LogP contribution is -2.27. The maximum atomic E-state index is 12.1. The first-order valence-electron chi connectivity index (χ1n) is 5.76. The zero-order valence-electron chi connectivity index (χ0n) is 11.5. The molecule has 8 heteroatoms. The third kappa shape index (κ3) is 3.84. The summed E-state index contributed by atoms with van der Waals surface area (Å²) < 4.78 is 36.6. The molecule has 0 saturated carbocycles. The fourth-order valence-corrected chi connectivity index (χ4v) is 2.89. The quantitative estimate of drug-likeness (QED) is 0.771. The Morgan fingerprint density at radius 3 is 2.30 bits per heavy atom. The van der Waals surface area contributed by atoms with Gasteiger partial charge in [0.1, 0.15) is 0 Å². The van der Waals surface area contributed by atoms with Gasteiger partial charge in [-0.2, -0.15) is 0 Å². The normalized spacial score (nSPS) is 11.2. The zero-order chi connectivity index (χ0) is 15.3. The van der Waals surface area contributed by atoms with Crippen molar-refractivity contribution in [1.82, 2.24) is 4.72 Å². The molecule has 0 radical (unpaired) electrons. The van der Waals surface area contributed by atoms with Crippen LogP contribution in [0.5, 0.6) is 11.5 Å². The molecule has 1 rings (SSSR count). The Morgan fingerprint density at radius 2 is 1.80 bits per heavy atom. The van der Waals surface area contributed by atoms with E-state index in [-0.39, 0.29) is 23.6 Å². The van der Waals surface area contributed by atoms with E-state index in [2.05, 4.69) is 4.72 Å². The lowest BCUT2D eigenvalue weighted by molar-refractivity contribution is -0.136. The molecule has 7 nitrogen and oxygen atoms in total. The van der Waals surface area contributed by atoms with Crippen molar-refractivity contribution in [3.05, 3.63) is 17.7 Å². The van der Waals surface area contributed by atoms with Crippen LogP contribution in [0, 0.1) is 6.92 Å². The van der Waals surface area contributed by atoms with Gasteiger partial charge in [-0.25, -0.2) is 13.1 Å². The molecule has 2 N–H and O–H groups in total. The van der Waals surface area contributed by atoms with Crippen LogP contribution in [0.4, 0.5) is 0 Å². The molecule has 0 spiro atoms. The van der Waals surface area contributed by atoms with E-state index in [9.17, 15) is 13.2 Å². The Balaban J connectivity index is 3.08. The molecule has 0 aliphatic rings. The van der Waals surface area contributed by atoms with E-state index in [0.717, 1.165) is 0 Å². The van der Waals surface area contributed by atoms with Gasteiger partial charge >= 0.3 is 5.97 Å². The molecule has 0 aliphatic carbocycles. The van der Waals surface area contributed by atoms with Gasteiger partial charge in [-0.05, 0) is 18.6 Å². The van der Waals surface area contributed by atoms with Gasteiger partial charge in [-0.3, -0.25) is 4.79 Å². The minimum Gasteiger partial charge on any atom is -0.493 e. The molecular weight excluding hydrogens is 286 g/mol. The molecular formula is C12H17NO6S. The van der Waals surface area contributed by atoms with E-state index in [1.54, 1.807) is 13.0 Å². The molecule has 0 aliphatic heterocycles. The summed E-state index contributed by atoms with van der Waals surface area (Å²) in [5.41, 5.74) is 0.477. The van der Waals surface area contributed by atoms with Crippen molar-refractivity contribution in [2.75, 3.05) is 20.8 Å². The fourth-order valence-electron chi connectivity index (χ4n) is 1.62. The van der Waals surface area contributed by atoms with Crippen LogP contribution < -0.4 is 14.2 Å². The number of rotatable bonds is 7. The molecule has 0 amide bonds. The molecule has 0 heterocycles. The SMILES string of the molecule is COc1cc(C)c(S(=O)(=O)NCCC(=O)O)cc1OC. The van der Waals surface area contributed by atoms with Crippen molar-refractivity contribution >= 4 is 16.0 Å². The van der Waals surface area contributed by atoms with Gasteiger partial charge < -0.3 is 14.6 Å². The Kier molecular flexibility index (Phi) is 5.34. The predicted octanol–water partition coefficient (Wildman–Crippen LogP) is 0.765. The topological polar surface area (TPSA) is 102 Å². The molecule has 112 valence electrons. The Labute approximate surface area is 117 Å². The van der Waals surface area contributed by atoms with E-state index < -0.39 is 16.0 Å². The van der Waals surface area contributed by atoms with Crippen LogP contribution >= 0.6 is 0 Å². The summed E-state index contributed by atoms with van der Waals surface area (Å²) in [5.74, 6) is -0.358. The lowest BCUT2D eigenvalue weighted by Gasteiger charge is -2.13. The van der Waals surface area contributed by atoms with Crippen LogP contribution in [0.15, 0.2) is 17.0 Å². The largest absolute Gasteiger partial charge is 0.493 e. The minimum atomic E-state index is -3.79. The van der Waals surface area contributed by atoms with E-state index in [4.69, 9.17) is 14.6 Å². The first kappa shape index (κ1) is 16.3. The first-order valence-corrected chi connectivity index (χ1v) is 7.24. The molecule has 20 heavy (non-hydrogen) atoms. The van der Waals surface area contributed by atoms with Crippen molar-refractivity contribution in [2.45, 2.75) is 18.2 Å². The van der Waals surface area contributed by atoms with E-state index in [1.807, 2.05) is 0 Å². The molecule has 0 unspecified atom stereocenters. The zero-order valence-corrected chi connectivity index (χ0v) is 12.3. The number of hydrogen-bond acceptors (Lipinski definition) is 5. The van der Waals surface area contributed by atoms with Gasteiger partial charge in [0.25, 0.3) is 0 Å². The van der Waals surface area contributed by atoms with Crippen LogP contribution in [0.25, 0.3) is 0 Å². The summed E-state index contributed by atoms with van der Waals surface area (Å²) in [6.07, 6.45) is -0.286. The number of carboxylic acids is 1. The van der Waals surface area contributed by atoms with Crippen LogP contribution in [-0.2, 0) is 14.8 Å². The highest BCUT2D eigenvalue weighted by Crippen LogP contribution is 2.32. The Morgan fingerprint density at radius 1 is 1.25 bits per heavy atom. The van der Waals surface area contributed by atoms with E-state index >= 15 is 0 Å². The molecule has 1 aromatic carbocycles. The van der Waals surface area contributed by atoms with Crippen LogP contribution in [0.3, 0.4) is 0 Å². The average molecular weight is 303 g/mol. The molecule has 0 saturated heterocycles. The fraction of sp³-hybridized carbons (Fsp3) is 0.417. The van der Waals surface area contributed by atoms with Gasteiger partial charge in [0.05, 0.1) is 25.5 Å². The number of ether oxygens (including phenoxy) is 2. The molecule has 0 aromatic heterocycles. The highest BCUT2D eigenvalue weighted by Gasteiger charge is 2.20. The molecule has 0 atom stereocenters. The third-order valence-corrected chi connectivity index (χ3v) is 4.20. The number of carboxylic acid groups (broad SMARTS) is 1. The number of aliphatic carboxylic acids is 1. The van der Waals surface area contributed by atoms with Gasteiger partial charge in [-0.1, -0.05) is 0 Å². The summed E-state index contributed by atoms with van der Waals surface area (Å²) in [6.45, 7) is 1.44. The summed E-state index contributed by atoms with van der Waals surface area (Å²) in [5, 5.41) is 8.51. The van der Waals surface area contributed by atoms with Gasteiger partial charge in [0.2, 0.25) is 10.0 Å². The highest BCUT2D eigenvalue weighted by molar-refractivity contribution is 7.89. The second-order valence-corrected chi connectivity index (χ2v) is 5.75. The summed E-state index contributed by atoms with van der Waals surface area (Å²) >= 11 is 0. The van der Waals surface area contributed by atoms with Crippen molar-refractivity contribution < 1.29 is 27.8 Å². The Hall–Kier alpha value is -1.80. The molecule has 1 aromatic rings. The van der Waals surface area contributed by atoms with Crippen molar-refractivity contribution in [1.29, 1.82) is 0 Å². The maximum absolute atomic E-state index is 12.1. The molecule has 0 bridgehead atoms. The molecule has 0 fully saturated rings. The standard InChI is InChI=1S/C12H17NO6S/c1-8-6-9(18-2)10(19-3)7-11(8)20(16,17)13-5-4-12(14)15/h6-7,13H,4-5H2,1-3H3,(H,14,15). The smallest absolute Gasteiger partial charge is 0.304 e. The third-order valence-electron chi connectivity index (χ3n) is 2.60. The van der Waals surface area contributed by atoms with Gasteiger partial charge in [0, 0.05) is 12.6 Å². The van der Waals surface area contributed by atoms with Crippen LogP contribution in [-0.4, -0.2) is 40.3 Å². The summed E-state index contributed by atoms with van der Waals surface area (Å²) in [7, 11) is -0.934. The number of nitrogens with one attached hydrogen (secondary N) is 1. The number of benzene rings is 1. The number of carbonyl (C=O) groups is 1. The van der Waals surface area contributed by atoms with E-state index in [0.29, 0.717) is 11.3 Å². The Bertz CT molecular complexity index is 596. The van der Waals surface area contributed by atoms with Crippen molar-refractivity contribution in [2.24, 2.45) is 0 Å². The minimum absolute atomic E-state index is 0.0283. The summed E-state index contributed by atoms with van der Waals surface area (Å²) in [4.78, 5) is 10.4. The van der Waals surface area contributed by atoms with Crippen LogP contribution in [0.2, 0.25) is 0 Å². The highest BCUT2D eigenvalue weighted by atomic mass is 32.2. The number of hydrogen-bond donors (Lipinski definition) is 2. The van der Waals surface area contributed by atoms with Gasteiger partial charge in [0.15, 0.2) is 11.5 Å². The lowest BCUT2D eigenvalue weighted by atomic mass is 10.2. The van der Waals surface area contributed by atoms with Crippen LogP contribution in [0.1, 0.15) is 12.0 Å². The van der Waals surface area contributed by atoms with Crippen molar-refractivity contribution in [3.8, 4) is 11.5 Å². The number of aryl methyl sites for hydroxylation is 1. The monoisotopic (exact) mass is 303 g/mol. The number of methoxy groups -OCH3 is 2. The second-order valence-electron chi connectivity index (χ2n) is 4.01. The summed E-state index contributed by atoms with van der Waals surface area (Å²) in [6, 6.07) is 2.89. The number of sulfonamides is 1.